The minimum atomic E-state index is -0.210. The van der Waals surface area contributed by atoms with Gasteiger partial charge in [-0.3, -0.25) is 0 Å². The number of piperidine rings is 1. The minimum Gasteiger partial charge on any atom is -0.453 e. The van der Waals surface area contributed by atoms with Crippen molar-refractivity contribution >= 4 is 6.09 Å². The Balaban J connectivity index is 2.50. The molecular weight excluding hydrogens is 168 g/mol. The molecule has 1 saturated heterocycles. The quantitative estimate of drug-likeness (QED) is 0.698. The molecule has 76 valence electrons. The average Bonchev–Trinajstić information content (AvgIpc) is 2.18. The molecule has 1 rings (SSSR count). The van der Waals surface area contributed by atoms with Gasteiger partial charge in [0, 0.05) is 12.6 Å². The Morgan fingerprint density at radius 1 is 1.62 bits per heavy atom. The highest BCUT2D eigenvalue weighted by atomic mass is 16.5. The number of ether oxygens (including phenoxy) is 1. The van der Waals surface area contributed by atoms with Gasteiger partial charge in [-0.15, -0.1) is 0 Å². The van der Waals surface area contributed by atoms with Crippen LogP contribution in [0.15, 0.2) is 0 Å². The molecule has 1 unspecified atom stereocenters. The van der Waals surface area contributed by atoms with E-state index < -0.39 is 0 Å². The maximum atomic E-state index is 11.3. The van der Waals surface area contributed by atoms with Crippen LogP contribution in [0.5, 0.6) is 0 Å². The zero-order chi connectivity index (χ0) is 9.68. The molecule has 1 atom stereocenters. The molecule has 4 nitrogen and oxygen atoms in total. The Bertz CT molecular complexity index is 171. The van der Waals surface area contributed by atoms with Crippen molar-refractivity contribution in [2.45, 2.75) is 31.7 Å². The number of nitrogens with zero attached hydrogens (tertiary/aromatic N) is 1. The fourth-order valence-electron chi connectivity index (χ4n) is 1.85. The summed E-state index contributed by atoms with van der Waals surface area (Å²) >= 11 is 0. The second kappa shape index (κ2) is 5.07. The fraction of sp³-hybridized carbons (Fsp3) is 0.889. The SMILES string of the molecule is COC(=O)N1CCCCC1CCN. The van der Waals surface area contributed by atoms with Gasteiger partial charge in [0.25, 0.3) is 0 Å². The second-order valence-electron chi connectivity index (χ2n) is 3.39. The van der Waals surface area contributed by atoms with Gasteiger partial charge in [0.1, 0.15) is 0 Å². The maximum Gasteiger partial charge on any atom is 0.409 e. The summed E-state index contributed by atoms with van der Waals surface area (Å²) < 4.78 is 4.71. The lowest BCUT2D eigenvalue weighted by Gasteiger charge is -2.34. The molecule has 0 aromatic rings. The van der Waals surface area contributed by atoms with Crippen LogP contribution in [0.25, 0.3) is 0 Å². The minimum absolute atomic E-state index is 0.210. The number of carbonyl (C=O) groups is 1. The number of methoxy groups -OCH3 is 1. The molecular formula is C9H18N2O2. The van der Waals surface area contributed by atoms with Crippen LogP contribution in [0.1, 0.15) is 25.7 Å². The number of likely N-dealkylation sites (tertiary alicyclic amines) is 1. The molecule has 0 spiro atoms. The number of hydrogen-bond donors (Lipinski definition) is 1. The van der Waals surface area contributed by atoms with Crippen molar-refractivity contribution < 1.29 is 9.53 Å². The lowest BCUT2D eigenvalue weighted by Crippen LogP contribution is -2.44. The third-order valence-corrected chi connectivity index (χ3v) is 2.54. The molecule has 1 fully saturated rings. The molecule has 0 saturated carbocycles. The van der Waals surface area contributed by atoms with Crippen molar-refractivity contribution in [1.82, 2.24) is 4.90 Å². The Morgan fingerprint density at radius 3 is 3.00 bits per heavy atom. The van der Waals surface area contributed by atoms with Crippen molar-refractivity contribution in [1.29, 1.82) is 0 Å². The fourth-order valence-corrected chi connectivity index (χ4v) is 1.85. The van der Waals surface area contributed by atoms with E-state index in [0.29, 0.717) is 12.6 Å². The molecule has 1 heterocycles. The van der Waals surface area contributed by atoms with Crippen LogP contribution >= 0.6 is 0 Å². The van der Waals surface area contributed by atoms with Crippen LogP contribution in [-0.2, 0) is 4.74 Å². The number of amides is 1. The molecule has 1 aliphatic rings. The number of rotatable bonds is 2. The number of carbonyl (C=O) groups excluding carboxylic acids is 1. The summed E-state index contributed by atoms with van der Waals surface area (Å²) in [6.07, 6.45) is 4.01. The van der Waals surface area contributed by atoms with Gasteiger partial charge in [-0.25, -0.2) is 4.79 Å². The number of nitrogens with two attached hydrogens (primary N) is 1. The standard InChI is InChI=1S/C9H18N2O2/c1-13-9(12)11-7-3-2-4-8(11)5-6-10/h8H,2-7,10H2,1H3. The van der Waals surface area contributed by atoms with Gasteiger partial charge in [-0.05, 0) is 32.2 Å². The van der Waals surface area contributed by atoms with Gasteiger partial charge < -0.3 is 15.4 Å². The Hall–Kier alpha value is -0.770. The van der Waals surface area contributed by atoms with Gasteiger partial charge in [-0.1, -0.05) is 0 Å². The topological polar surface area (TPSA) is 55.6 Å². The van der Waals surface area contributed by atoms with Crippen LogP contribution in [0.3, 0.4) is 0 Å². The van der Waals surface area contributed by atoms with E-state index in [4.69, 9.17) is 10.5 Å². The zero-order valence-electron chi connectivity index (χ0n) is 8.16. The average molecular weight is 186 g/mol. The summed E-state index contributed by atoms with van der Waals surface area (Å²) in [4.78, 5) is 13.1. The molecule has 0 bridgehead atoms. The Labute approximate surface area is 79.0 Å². The first kappa shape index (κ1) is 10.3. The molecule has 1 amide bonds. The third-order valence-electron chi connectivity index (χ3n) is 2.54. The van der Waals surface area contributed by atoms with E-state index in [0.717, 1.165) is 25.8 Å². The first-order valence-corrected chi connectivity index (χ1v) is 4.84. The highest BCUT2D eigenvalue weighted by Gasteiger charge is 2.26. The van der Waals surface area contributed by atoms with Gasteiger partial charge in [-0.2, -0.15) is 0 Å². The van der Waals surface area contributed by atoms with E-state index in [1.807, 2.05) is 0 Å². The number of hydrogen-bond acceptors (Lipinski definition) is 3. The summed E-state index contributed by atoms with van der Waals surface area (Å²) in [6.45, 7) is 1.45. The van der Waals surface area contributed by atoms with Crippen molar-refractivity contribution in [3.63, 3.8) is 0 Å². The van der Waals surface area contributed by atoms with E-state index in [9.17, 15) is 4.79 Å². The Kier molecular flexibility index (Phi) is 4.02. The van der Waals surface area contributed by atoms with Crippen LogP contribution in [0.4, 0.5) is 4.79 Å². The lowest BCUT2D eigenvalue weighted by atomic mass is 10.00. The van der Waals surface area contributed by atoms with Crippen molar-refractivity contribution in [2.75, 3.05) is 20.2 Å². The summed E-state index contributed by atoms with van der Waals surface area (Å²) in [7, 11) is 1.43. The molecule has 2 N–H and O–H groups in total. The van der Waals surface area contributed by atoms with Gasteiger partial charge >= 0.3 is 6.09 Å². The van der Waals surface area contributed by atoms with E-state index in [1.54, 1.807) is 4.90 Å². The molecule has 13 heavy (non-hydrogen) atoms. The second-order valence-corrected chi connectivity index (χ2v) is 3.39. The third kappa shape index (κ3) is 2.59. The van der Waals surface area contributed by atoms with E-state index in [2.05, 4.69) is 0 Å². The highest BCUT2D eigenvalue weighted by molar-refractivity contribution is 5.67. The summed E-state index contributed by atoms with van der Waals surface area (Å²) in [5.74, 6) is 0. The zero-order valence-corrected chi connectivity index (χ0v) is 8.16. The molecule has 0 aromatic heterocycles. The van der Waals surface area contributed by atoms with E-state index >= 15 is 0 Å². The largest absolute Gasteiger partial charge is 0.453 e. The Morgan fingerprint density at radius 2 is 2.38 bits per heavy atom. The highest BCUT2D eigenvalue weighted by Crippen LogP contribution is 2.19. The van der Waals surface area contributed by atoms with Gasteiger partial charge in [0.15, 0.2) is 0 Å². The van der Waals surface area contributed by atoms with Crippen LogP contribution in [0.2, 0.25) is 0 Å². The molecule has 0 aromatic carbocycles. The molecule has 4 heteroatoms. The van der Waals surface area contributed by atoms with Gasteiger partial charge in [0.2, 0.25) is 0 Å². The van der Waals surface area contributed by atoms with Crippen molar-refractivity contribution in [2.24, 2.45) is 5.73 Å². The van der Waals surface area contributed by atoms with Crippen LogP contribution in [0, 0.1) is 0 Å². The maximum absolute atomic E-state index is 11.3. The normalized spacial score (nSPS) is 22.9. The van der Waals surface area contributed by atoms with Crippen molar-refractivity contribution in [3.05, 3.63) is 0 Å². The summed E-state index contributed by atoms with van der Waals surface area (Å²) in [5, 5.41) is 0. The molecule has 0 radical (unpaired) electrons. The molecule has 1 aliphatic heterocycles. The lowest BCUT2D eigenvalue weighted by molar-refractivity contribution is 0.0876. The van der Waals surface area contributed by atoms with E-state index in [1.165, 1.54) is 13.5 Å². The van der Waals surface area contributed by atoms with Crippen LogP contribution in [-0.4, -0.2) is 37.2 Å². The predicted octanol–water partition coefficient (Wildman–Crippen LogP) is 0.956. The molecule has 0 aliphatic carbocycles. The first-order chi connectivity index (χ1) is 6.29. The van der Waals surface area contributed by atoms with Gasteiger partial charge in [0.05, 0.1) is 7.11 Å². The van der Waals surface area contributed by atoms with E-state index in [-0.39, 0.29) is 6.09 Å². The van der Waals surface area contributed by atoms with Crippen molar-refractivity contribution in [3.8, 4) is 0 Å². The first-order valence-electron chi connectivity index (χ1n) is 4.84. The monoisotopic (exact) mass is 186 g/mol. The predicted molar refractivity (Wildman–Crippen MR) is 50.4 cm³/mol. The summed E-state index contributed by atoms with van der Waals surface area (Å²) in [6, 6.07) is 0.297. The van der Waals surface area contributed by atoms with Crippen LogP contribution < -0.4 is 5.73 Å². The summed E-state index contributed by atoms with van der Waals surface area (Å²) in [5.41, 5.74) is 5.48. The smallest absolute Gasteiger partial charge is 0.409 e.